The summed E-state index contributed by atoms with van der Waals surface area (Å²) in [5.41, 5.74) is 0.541. The predicted molar refractivity (Wildman–Crippen MR) is 99.8 cm³/mol. The Morgan fingerprint density at radius 1 is 1.13 bits per heavy atom. The van der Waals surface area contributed by atoms with E-state index in [1.165, 1.54) is 6.20 Å². The molecule has 168 valence electrons. The number of pyridine rings is 2. The summed E-state index contributed by atoms with van der Waals surface area (Å²) in [6, 6.07) is 4.91. The summed E-state index contributed by atoms with van der Waals surface area (Å²) >= 11 is 0. The first-order valence-corrected chi connectivity index (χ1v) is 9.03. The Hall–Kier alpha value is -3.31. The lowest BCUT2D eigenvalue weighted by atomic mass is 10.1. The van der Waals surface area contributed by atoms with Gasteiger partial charge >= 0.3 is 12.1 Å². The van der Waals surface area contributed by atoms with Crippen molar-refractivity contribution in [3.8, 4) is 5.75 Å². The molecule has 0 aliphatic heterocycles. The minimum atomic E-state index is -5.73. The van der Waals surface area contributed by atoms with Gasteiger partial charge in [0.2, 0.25) is 5.91 Å². The SMILES string of the molecule is CCC(=O)Nc1cc(C(C)NC(=O)c2ccc(OCC(F)(F)C(F)(F)F)cn2)ccn1. The fourth-order valence-electron chi connectivity index (χ4n) is 2.23. The van der Waals surface area contributed by atoms with E-state index in [4.69, 9.17) is 0 Å². The van der Waals surface area contributed by atoms with Crippen LogP contribution in [0.4, 0.5) is 27.8 Å². The molecular formula is C19H19F5N4O3. The lowest BCUT2D eigenvalue weighted by Crippen LogP contribution is -2.41. The number of carbonyl (C=O) groups excluding carboxylic acids is 2. The molecule has 2 rings (SSSR count). The van der Waals surface area contributed by atoms with Gasteiger partial charge in [-0.1, -0.05) is 6.92 Å². The fourth-order valence-corrected chi connectivity index (χ4v) is 2.23. The molecule has 2 amide bonds. The van der Waals surface area contributed by atoms with Crippen molar-refractivity contribution in [3.63, 3.8) is 0 Å². The molecular weight excluding hydrogens is 427 g/mol. The van der Waals surface area contributed by atoms with Gasteiger partial charge in [0.25, 0.3) is 5.91 Å². The van der Waals surface area contributed by atoms with Crippen LogP contribution >= 0.6 is 0 Å². The van der Waals surface area contributed by atoms with Gasteiger partial charge in [0.15, 0.2) is 6.61 Å². The van der Waals surface area contributed by atoms with Crippen molar-refractivity contribution in [2.24, 2.45) is 0 Å². The average molecular weight is 446 g/mol. The van der Waals surface area contributed by atoms with Crippen molar-refractivity contribution >= 4 is 17.6 Å². The summed E-state index contributed by atoms with van der Waals surface area (Å²) in [5, 5.41) is 5.25. The monoisotopic (exact) mass is 446 g/mol. The van der Waals surface area contributed by atoms with E-state index in [0.29, 0.717) is 11.4 Å². The van der Waals surface area contributed by atoms with Crippen LogP contribution in [0.1, 0.15) is 42.4 Å². The van der Waals surface area contributed by atoms with Gasteiger partial charge in [-0.05, 0) is 36.8 Å². The van der Waals surface area contributed by atoms with E-state index in [2.05, 4.69) is 25.3 Å². The first-order chi connectivity index (χ1) is 14.4. The molecule has 0 aromatic carbocycles. The van der Waals surface area contributed by atoms with Gasteiger partial charge in [0.1, 0.15) is 17.3 Å². The Labute approximate surface area is 174 Å². The maximum Gasteiger partial charge on any atom is 0.456 e. The minimum Gasteiger partial charge on any atom is -0.485 e. The highest BCUT2D eigenvalue weighted by Crippen LogP contribution is 2.35. The van der Waals surface area contributed by atoms with Crippen LogP contribution < -0.4 is 15.4 Å². The van der Waals surface area contributed by atoms with E-state index in [0.717, 1.165) is 18.3 Å². The van der Waals surface area contributed by atoms with Crippen LogP contribution in [0.3, 0.4) is 0 Å². The molecule has 1 atom stereocenters. The summed E-state index contributed by atoms with van der Waals surface area (Å²) in [5.74, 6) is -5.88. The standard InChI is InChI=1S/C19H19F5N4O3/c1-3-16(29)28-15-8-12(6-7-25-15)11(2)27-17(30)14-5-4-13(9-26-14)31-10-18(20,21)19(22,23)24/h4-9,11H,3,10H2,1-2H3,(H,27,30)(H,25,28,29). The van der Waals surface area contributed by atoms with Gasteiger partial charge in [-0.25, -0.2) is 9.97 Å². The van der Waals surface area contributed by atoms with Crippen molar-refractivity contribution in [3.05, 3.63) is 47.9 Å². The number of anilines is 1. The van der Waals surface area contributed by atoms with Gasteiger partial charge in [-0.15, -0.1) is 0 Å². The van der Waals surface area contributed by atoms with Crippen molar-refractivity contribution in [1.82, 2.24) is 15.3 Å². The molecule has 0 aliphatic carbocycles. The van der Waals surface area contributed by atoms with Crippen molar-refractivity contribution in [1.29, 1.82) is 0 Å². The number of amides is 2. The zero-order chi connectivity index (χ0) is 23.2. The number of halogens is 5. The van der Waals surface area contributed by atoms with Crippen molar-refractivity contribution in [2.75, 3.05) is 11.9 Å². The van der Waals surface area contributed by atoms with Gasteiger partial charge in [-0.2, -0.15) is 22.0 Å². The third-order valence-corrected chi connectivity index (χ3v) is 4.02. The number of aromatic nitrogens is 2. The van der Waals surface area contributed by atoms with E-state index in [1.807, 2.05) is 0 Å². The molecule has 31 heavy (non-hydrogen) atoms. The number of alkyl halides is 5. The quantitative estimate of drug-likeness (QED) is 0.600. The van der Waals surface area contributed by atoms with Crippen LogP contribution in [-0.4, -0.2) is 40.5 Å². The molecule has 0 aliphatic rings. The molecule has 7 nitrogen and oxygen atoms in total. The Balaban J connectivity index is 1.98. The zero-order valence-corrected chi connectivity index (χ0v) is 16.5. The highest BCUT2D eigenvalue weighted by molar-refractivity contribution is 5.92. The van der Waals surface area contributed by atoms with E-state index >= 15 is 0 Å². The molecule has 2 heterocycles. The van der Waals surface area contributed by atoms with Gasteiger partial charge in [0.05, 0.1) is 12.2 Å². The molecule has 0 fully saturated rings. The molecule has 0 saturated heterocycles. The number of nitrogens with zero attached hydrogens (tertiary/aromatic N) is 2. The summed E-state index contributed by atoms with van der Waals surface area (Å²) in [6.07, 6.45) is -3.12. The summed E-state index contributed by atoms with van der Waals surface area (Å²) in [6.45, 7) is 1.46. The second-order valence-electron chi connectivity index (χ2n) is 6.44. The van der Waals surface area contributed by atoms with E-state index in [9.17, 15) is 31.5 Å². The lowest BCUT2D eigenvalue weighted by molar-refractivity contribution is -0.290. The summed E-state index contributed by atoms with van der Waals surface area (Å²) in [4.78, 5) is 31.5. The molecule has 12 heteroatoms. The van der Waals surface area contributed by atoms with Crippen molar-refractivity contribution < 1.29 is 36.3 Å². The topological polar surface area (TPSA) is 93.2 Å². The third kappa shape index (κ3) is 6.59. The molecule has 0 bridgehead atoms. The lowest BCUT2D eigenvalue weighted by Gasteiger charge is -2.19. The zero-order valence-electron chi connectivity index (χ0n) is 16.5. The van der Waals surface area contributed by atoms with Gasteiger partial charge < -0.3 is 15.4 Å². The predicted octanol–water partition coefficient (Wildman–Crippen LogP) is 3.89. The molecule has 1 unspecified atom stereocenters. The number of hydrogen-bond acceptors (Lipinski definition) is 5. The van der Waals surface area contributed by atoms with Gasteiger partial charge in [-0.3, -0.25) is 9.59 Å². The highest BCUT2D eigenvalue weighted by atomic mass is 19.4. The highest BCUT2D eigenvalue weighted by Gasteiger charge is 2.58. The van der Waals surface area contributed by atoms with Gasteiger partial charge in [0, 0.05) is 12.6 Å². The Bertz CT molecular complexity index is 920. The normalized spacial score (nSPS) is 12.7. The van der Waals surface area contributed by atoms with Crippen LogP contribution in [-0.2, 0) is 4.79 Å². The molecule has 2 N–H and O–H groups in total. The Kier molecular flexibility index (Phi) is 7.47. The third-order valence-electron chi connectivity index (χ3n) is 4.02. The Morgan fingerprint density at radius 3 is 2.42 bits per heavy atom. The van der Waals surface area contributed by atoms with Crippen LogP contribution in [0.15, 0.2) is 36.7 Å². The minimum absolute atomic E-state index is 0.102. The first kappa shape index (κ1) is 24.0. The first-order valence-electron chi connectivity index (χ1n) is 9.03. The van der Waals surface area contributed by atoms with Crippen molar-refractivity contribution in [2.45, 2.75) is 38.4 Å². The second-order valence-corrected chi connectivity index (χ2v) is 6.44. The van der Waals surface area contributed by atoms with E-state index < -0.39 is 30.7 Å². The molecule has 0 saturated carbocycles. The number of nitrogens with one attached hydrogen (secondary N) is 2. The van der Waals surface area contributed by atoms with Crippen LogP contribution in [0.2, 0.25) is 0 Å². The largest absolute Gasteiger partial charge is 0.485 e. The molecule has 0 spiro atoms. The maximum absolute atomic E-state index is 12.9. The summed E-state index contributed by atoms with van der Waals surface area (Å²) < 4.78 is 66.6. The molecule has 2 aromatic heterocycles. The Morgan fingerprint density at radius 2 is 1.84 bits per heavy atom. The summed E-state index contributed by atoms with van der Waals surface area (Å²) in [7, 11) is 0. The second kappa shape index (κ2) is 9.67. The van der Waals surface area contributed by atoms with Crippen LogP contribution in [0.5, 0.6) is 5.75 Å². The number of hydrogen-bond donors (Lipinski definition) is 2. The fraction of sp³-hybridized carbons (Fsp3) is 0.368. The van der Waals surface area contributed by atoms with E-state index in [1.54, 1.807) is 26.0 Å². The number of ether oxygens (including phenoxy) is 1. The molecule has 0 radical (unpaired) electrons. The maximum atomic E-state index is 12.9. The molecule has 2 aromatic rings. The average Bonchev–Trinajstić information content (AvgIpc) is 2.71. The number of carbonyl (C=O) groups is 2. The van der Waals surface area contributed by atoms with E-state index in [-0.39, 0.29) is 23.8 Å². The number of rotatable bonds is 8. The smallest absolute Gasteiger partial charge is 0.456 e. The van der Waals surface area contributed by atoms with Crippen LogP contribution in [0, 0.1) is 0 Å². The van der Waals surface area contributed by atoms with Crippen LogP contribution in [0.25, 0.3) is 0 Å².